The molecule has 2 heterocycles. The van der Waals surface area contributed by atoms with Gasteiger partial charge in [-0.3, -0.25) is 4.79 Å². The van der Waals surface area contributed by atoms with Crippen LogP contribution >= 0.6 is 0 Å². The van der Waals surface area contributed by atoms with Gasteiger partial charge in [0.25, 0.3) is 5.91 Å². The molecule has 132 valence electrons. The maximum atomic E-state index is 12.5. The maximum absolute atomic E-state index is 12.5. The van der Waals surface area contributed by atoms with Crippen molar-refractivity contribution in [3.8, 4) is 0 Å². The Morgan fingerprint density at radius 1 is 1.20 bits per heavy atom. The fourth-order valence-corrected chi connectivity index (χ4v) is 4.65. The molecule has 1 saturated heterocycles. The Morgan fingerprint density at radius 3 is 2.64 bits per heavy atom. The van der Waals surface area contributed by atoms with Gasteiger partial charge in [-0.2, -0.15) is 0 Å². The minimum atomic E-state index is -0.0392. The van der Waals surface area contributed by atoms with Gasteiger partial charge in [-0.1, -0.05) is 29.4 Å². The van der Waals surface area contributed by atoms with Gasteiger partial charge in [0, 0.05) is 25.2 Å². The first-order chi connectivity index (χ1) is 12.1. The summed E-state index contributed by atoms with van der Waals surface area (Å²) in [5.74, 6) is 0.301. The summed E-state index contributed by atoms with van der Waals surface area (Å²) in [4.78, 5) is 16.7. The van der Waals surface area contributed by atoms with E-state index in [4.69, 9.17) is 4.52 Å². The number of likely N-dealkylation sites (tertiary alicyclic amines) is 1. The molecule has 1 amide bonds. The molecule has 0 saturated carbocycles. The first kappa shape index (κ1) is 16.3. The summed E-state index contributed by atoms with van der Waals surface area (Å²) >= 11 is 0. The molecule has 1 aromatic heterocycles. The van der Waals surface area contributed by atoms with Crippen LogP contribution in [0.4, 0.5) is 0 Å². The van der Waals surface area contributed by atoms with Gasteiger partial charge in [-0.15, -0.1) is 0 Å². The number of aromatic nitrogens is 1. The van der Waals surface area contributed by atoms with E-state index in [1.54, 1.807) is 6.07 Å². The van der Waals surface area contributed by atoms with Gasteiger partial charge in [-0.05, 0) is 56.3 Å². The summed E-state index contributed by atoms with van der Waals surface area (Å²) in [5.41, 5.74) is 3.17. The third-order valence-corrected chi connectivity index (χ3v) is 6.07. The normalized spacial score (nSPS) is 22.2. The van der Waals surface area contributed by atoms with Crippen LogP contribution in [-0.4, -0.2) is 48.0 Å². The van der Waals surface area contributed by atoms with Gasteiger partial charge >= 0.3 is 0 Å². The fourth-order valence-electron chi connectivity index (χ4n) is 4.65. The second-order valence-corrected chi connectivity index (χ2v) is 7.55. The van der Waals surface area contributed by atoms with E-state index in [1.165, 1.54) is 30.2 Å². The summed E-state index contributed by atoms with van der Waals surface area (Å²) in [6.07, 6.45) is 5.93. The summed E-state index contributed by atoms with van der Waals surface area (Å²) in [6, 6.07) is 11.0. The topological polar surface area (TPSA) is 49.6 Å². The molecule has 0 bridgehead atoms. The summed E-state index contributed by atoms with van der Waals surface area (Å²) in [7, 11) is 4.33. The van der Waals surface area contributed by atoms with Crippen molar-refractivity contribution in [3.63, 3.8) is 0 Å². The van der Waals surface area contributed by atoms with Crippen LogP contribution in [0, 0.1) is 0 Å². The number of nitrogens with zero attached hydrogens (tertiary/aromatic N) is 3. The Morgan fingerprint density at radius 2 is 1.96 bits per heavy atom. The molecule has 2 aliphatic rings. The van der Waals surface area contributed by atoms with Crippen molar-refractivity contribution in [2.45, 2.75) is 37.1 Å². The highest BCUT2D eigenvalue weighted by atomic mass is 16.5. The van der Waals surface area contributed by atoms with Crippen LogP contribution in [0.15, 0.2) is 41.1 Å². The molecule has 1 unspecified atom stereocenters. The molecule has 4 rings (SSSR count). The smallest absolute Gasteiger partial charge is 0.292 e. The number of amides is 1. The molecular weight excluding hydrogens is 314 g/mol. The third kappa shape index (κ3) is 2.76. The minimum absolute atomic E-state index is 0.0392. The molecule has 1 fully saturated rings. The van der Waals surface area contributed by atoms with E-state index in [0.717, 1.165) is 25.9 Å². The Labute approximate surface area is 148 Å². The number of benzene rings is 1. The van der Waals surface area contributed by atoms with Gasteiger partial charge in [0.15, 0.2) is 0 Å². The van der Waals surface area contributed by atoms with Crippen molar-refractivity contribution < 1.29 is 9.32 Å². The molecule has 0 N–H and O–H groups in total. The molecule has 1 aliphatic heterocycles. The number of rotatable bonds is 2. The standard InChI is InChI=1S/C20H25N3O2/c1-22(2)17-7-9-20(16-6-4-3-5-15(16)17)10-13-23(14-11-20)19(24)18-8-12-21-25-18/h3-6,8,12,17H,7,9-11,13-14H2,1-2H3. The lowest BCUT2D eigenvalue weighted by atomic mass is 9.63. The van der Waals surface area contributed by atoms with Gasteiger partial charge in [0.1, 0.15) is 0 Å². The highest BCUT2D eigenvalue weighted by Crippen LogP contribution is 2.49. The highest BCUT2D eigenvalue weighted by molar-refractivity contribution is 5.91. The zero-order valence-corrected chi connectivity index (χ0v) is 14.9. The zero-order valence-electron chi connectivity index (χ0n) is 14.9. The Balaban J connectivity index is 1.56. The Kier molecular flexibility index (Phi) is 4.12. The fraction of sp³-hybridized carbons (Fsp3) is 0.500. The molecule has 1 spiro atoms. The molecular formula is C20H25N3O2. The molecule has 5 heteroatoms. The summed E-state index contributed by atoms with van der Waals surface area (Å²) in [5, 5.41) is 3.65. The van der Waals surface area contributed by atoms with Crippen LogP contribution in [0.3, 0.4) is 0 Å². The van der Waals surface area contributed by atoms with E-state index in [1.807, 2.05) is 4.90 Å². The van der Waals surface area contributed by atoms with E-state index in [9.17, 15) is 4.79 Å². The molecule has 25 heavy (non-hydrogen) atoms. The Hall–Kier alpha value is -2.14. The van der Waals surface area contributed by atoms with Gasteiger partial charge in [0.05, 0.1) is 6.20 Å². The van der Waals surface area contributed by atoms with E-state index >= 15 is 0 Å². The maximum Gasteiger partial charge on any atom is 0.292 e. The van der Waals surface area contributed by atoms with Crippen molar-refractivity contribution in [1.82, 2.24) is 15.0 Å². The van der Waals surface area contributed by atoms with E-state index in [2.05, 4.69) is 48.4 Å². The monoisotopic (exact) mass is 339 g/mol. The first-order valence-corrected chi connectivity index (χ1v) is 9.06. The van der Waals surface area contributed by atoms with Crippen molar-refractivity contribution in [1.29, 1.82) is 0 Å². The molecule has 1 aliphatic carbocycles. The van der Waals surface area contributed by atoms with Crippen LogP contribution in [0.5, 0.6) is 0 Å². The predicted molar refractivity (Wildman–Crippen MR) is 95.4 cm³/mol. The second-order valence-electron chi connectivity index (χ2n) is 7.55. The zero-order chi connectivity index (χ0) is 17.4. The highest BCUT2D eigenvalue weighted by Gasteiger charge is 2.43. The molecule has 2 aromatic rings. The van der Waals surface area contributed by atoms with Crippen molar-refractivity contribution in [2.75, 3.05) is 27.2 Å². The lowest BCUT2D eigenvalue weighted by molar-refractivity contribution is 0.0597. The van der Waals surface area contributed by atoms with E-state index < -0.39 is 0 Å². The molecule has 5 nitrogen and oxygen atoms in total. The van der Waals surface area contributed by atoms with Gasteiger partial charge in [-0.25, -0.2) is 0 Å². The van der Waals surface area contributed by atoms with Crippen LogP contribution in [0.2, 0.25) is 0 Å². The average molecular weight is 339 g/mol. The number of fused-ring (bicyclic) bond motifs is 2. The van der Waals surface area contributed by atoms with Crippen LogP contribution in [-0.2, 0) is 5.41 Å². The second kappa shape index (κ2) is 6.30. The summed E-state index contributed by atoms with van der Waals surface area (Å²) in [6.45, 7) is 1.56. The third-order valence-electron chi connectivity index (χ3n) is 6.07. The van der Waals surface area contributed by atoms with Crippen LogP contribution in [0.25, 0.3) is 0 Å². The van der Waals surface area contributed by atoms with Crippen molar-refractivity contribution in [2.24, 2.45) is 0 Å². The first-order valence-electron chi connectivity index (χ1n) is 9.06. The minimum Gasteiger partial charge on any atom is -0.351 e. The van der Waals surface area contributed by atoms with Crippen molar-refractivity contribution in [3.05, 3.63) is 53.4 Å². The number of hydrogen-bond donors (Lipinski definition) is 0. The number of carbonyl (C=O) groups is 1. The lowest BCUT2D eigenvalue weighted by Crippen LogP contribution is -2.47. The van der Waals surface area contributed by atoms with Gasteiger partial charge < -0.3 is 14.3 Å². The number of piperidine rings is 1. The summed E-state index contributed by atoms with van der Waals surface area (Å²) < 4.78 is 5.04. The van der Waals surface area contributed by atoms with Crippen LogP contribution < -0.4 is 0 Å². The average Bonchev–Trinajstić information content (AvgIpc) is 3.17. The largest absolute Gasteiger partial charge is 0.351 e. The lowest BCUT2D eigenvalue weighted by Gasteiger charge is -2.48. The Bertz CT molecular complexity index is 746. The molecule has 0 radical (unpaired) electrons. The van der Waals surface area contributed by atoms with Crippen molar-refractivity contribution >= 4 is 5.91 Å². The van der Waals surface area contributed by atoms with E-state index in [0.29, 0.717) is 11.8 Å². The van der Waals surface area contributed by atoms with Crippen LogP contribution in [0.1, 0.15) is 53.4 Å². The molecule has 1 atom stereocenters. The number of carbonyl (C=O) groups excluding carboxylic acids is 1. The number of hydrogen-bond acceptors (Lipinski definition) is 4. The molecule has 1 aromatic carbocycles. The predicted octanol–water partition coefficient (Wildman–Crippen LogP) is 3.25. The quantitative estimate of drug-likeness (QED) is 0.843. The van der Waals surface area contributed by atoms with E-state index in [-0.39, 0.29) is 11.3 Å². The van der Waals surface area contributed by atoms with Gasteiger partial charge in [0.2, 0.25) is 5.76 Å². The SMILES string of the molecule is CN(C)C1CCC2(CCN(C(=O)c3ccno3)CC2)c2ccccc21.